The van der Waals surface area contributed by atoms with E-state index in [-0.39, 0.29) is 6.04 Å². The zero-order chi connectivity index (χ0) is 9.97. The first-order chi connectivity index (χ1) is 6.77. The quantitative estimate of drug-likeness (QED) is 0.828. The Kier molecular flexibility index (Phi) is 2.84. The van der Waals surface area contributed by atoms with E-state index in [1.807, 2.05) is 10.3 Å². The molecule has 4 heteroatoms. The van der Waals surface area contributed by atoms with Crippen molar-refractivity contribution < 1.29 is 9.90 Å². The lowest BCUT2D eigenvalue weighted by Crippen LogP contribution is -2.35. The monoisotopic (exact) mass is 211 g/mol. The van der Waals surface area contributed by atoms with Gasteiger partial charge in [0.2, 0.25) is 0 Å². The minimum Gasteiger partial charge on any atom is -0.480 e. The predicted octanol–water partition coefficient (Wildman–Crippen LogP) is 1.80. The second-order valence-electron chi connectivity index (χ2n) is 3.60. The molecule has 1 aliphatic rings. The van der Waals surface area contributed by atoms with E-state index in [0.29, 0.717) is 0 Å². The highest BCUT2D eigenvalue weighted by molar-refractivity contribution is 7.07. The molecular formula is C10H13NO2S. The van der Waals surface area contributed by atoms with Gasteiger partial charge in [0.1, 0.15) is 6.04 Å². The normalized spacial score (nSPS) is 22.7. The van der Waals surface area contributed by atoms with Gasteiger partial charge in [0.15, 0.2) is 0 Å². The summed E-state index contributed by atoms with van der Waals surface area (Å²) in [6, 6.07) is 1.79. The summed E-state index contributed by atoms with van der Waals surface area (Å²) in [6.07, 6.45) is 1.79. The molecule has 1 aromatic heterocycles. The topological polar surface area (TPSA) is 40.5 Å². The van der Waals surface area contributed by atoms with Gasteiger partial charge in [0.25, 0.3) is 0 Å². The fraction of sp³-hybridized carbons (Fsp3) is 0.500. The number of hydrogen-bond acceptors (Lipinski definition) is 3. The van der Waals surface area contributed by atoms with Crippen molar-refractivity contribution in [3.8, 4) is 0 Å². The van der Waals surface area contributed by atoms with Crippen LogP contribution in [0.15, 0.2) is 16.8 Å². The van der Waals surface area contributed by atoms with Gasteiger partial charge in [-0.25, -0.2) is 0 Å². The van der Waals surface area contributed by atoms with Crippen LogP contribution in [-0.4, -0.2) is 28.6 Å². The van der Waals surface area contributed by atoms with Gasteiger partial charge in [0.05, 0.1) is 0 Å². The Bertz CT molecular complexity index is 310. The lowest BCUT2D eigenvalue weighted by Gasteiger charge is -2.19. The summed E-state index contributed by atoms with van der Waals surface area (Å²) < 4.78 is 0. The number of aliphatic carboxylic acids is 1. The van der Waals surface area contributed by atoms with E-state index in [1.165, 1.54) is 5.56 Å². The van der Waals surface area contributed by atoms with Gasteiger partial charge in [-0.2, -0.15) is 11.3 Å². The van der Waals surface area contributed by atoms with Gasteiger partial charge in [-0.3, -0.25) is 9.69 Å². The van der Waals surface area contributed by atoms with E-state index in [2.05, 4.69) is 11.4 Å². The largest absolute Gasteiger partial charge is 0.480 e. The minimum absolute atomic E-state index is 0.269. The molecule has 0 saturated carbocycles. The van der Waals surface area contributed by atoms with Crippen LogP contribution in [-0.2, 0) is 11.3 Å². The van der Waals surface area contributed by atoms with Crippen LogP contribution in [0.2, 0.25) is 0 Å². The highest BCUT2D eigenvalue weighted by atomic mass is 32.1. The van der Waals surface area contributed by atoms with Gasteiger partial charge in [-0.1, -0.05) is 0 Å². The van der Waals surface area contributed by atoms with Gasteiger partial charge >= 0.3 is 5.97 Å². The van der Waals surface area contributed by atoms with E-state index in [0.717, 1.165) is 25.9 Å². The van der Waals surface area contributed by atoms with Crippen LogP contribution in [0, 0.1) is 0 Å². The molecule has 0 aromatic carbocycles. The molecule has 1 fully saturated rings. The zero-order valence-electron chi connectivity index (χ0n) is 7.85. The Morgan fingerprint density at radius 2 is 2.57 bits per heavy atom. The number of likely N-dealkylation sites (tertiary alicyclic amines) is 1. The first-order valence-corrected chi connectivity index (χ1v) is 5.69. The third-order valence-corrected chi connectivity index (χ3v) is 3.35. The molecule has 14 heavy (non-hydrogen) atoms. The first-order valence-electron chi connectivity index (χ1n) is 4.75. The Morgan fingerprint density at radius 1 is 1.71 bits per heavy atom. The van der Waals surface area contributed by atoms with Crippen LogP contribution < -0.4 is 0 Å². The van der Waals surface area contributed by atoms with Crippen molar-refractivity contribution in [2.75, 3.05) is 6.54 Å². The van der Waals surface area contributed by atoms with Crippen molar-refractivity contribution in [1.29, 1.82) is 0 Å². The molecule has 2 rings (SSSR count). The fourth-order valence-electron chi connectivity index (χ4n) is 1.91. The second kappa shape index (κ2) is 4.11. The van der Waals surface area contributed by atoms with Crippen LogP contribution in [0.25, 0.3) is 0 Å². The maximum Gasteiger partial charge on any atom is 0.320 e. The third kappa shape index (κ3) is 1.96. The number of rotatable bonds is 3. The smallest absolute Gasteiger partial charge is 0.320 e. The van der Waals surface area contributed by atoms with Crippen LogP contribution >= 0.6 is 11.3 Å². The Morgan fingerprint density at radius 3 is 3.21 bits per heavy atom. The molecular weight excluding hydrogens is 198 g/mol. The molecule has 1 aliphatic heterocycles. The minimum atomic E-state index is -0.683. The van der Waals surface area contributed by atoms with E-state index < -0.39 is 5.97 Å². The van der Waals surface area contributed by atoms with E-state index in [1.54, 1.807) is 11.3 Å². The molecule has 0 aliphatic carbocycles. The van der Waals surface area contributed by atoms with E-state index in [4.69, 9.17) is 5.11 Å². The van der Waals surface area contributed by atoms with Gasteiger partial charge in [-0.05, 0) is 41.8 Å². The fourth-order valence-corrected chi connectivity index (χ4v) is 2.57. The lowest BCUT2D eigenvalue weighted by atomic mass is 10.2. The highest BCUT2D eigenvalue weighted by Crippen LogP contribution is 2.20. The SMILES string of the molecule is O=C(O)[C@@H]1CCCN1Cc1ccsc1. The van der Waals surface area contributed by atoms with Crippen molar-refractivity contribution in [3.05, 3.63) is 22.4 Å². The van der Waals surface area contributed by atoms with Gasteiger partial charge < -0.3 is 5.11 Å². The summed E-state index contributed by atoms with van der Waals surface area (Å²) in [5, 5.41) is 13.1. The van der Waals surface area contributed by atoms with Gasteiger partial charge in [0, 0.05) is 6.54 Å². The van der Waals surface area contributed by atoms with Crippen molar-refractivity contribution in [2.45, 2.75) is 25.4 Å². The van der Waals surface area contributed by atoms with Crippen molar-refractivity contribution in [2.24, 2.45) is 0 Å². The standard InChI is InChI=1S/C10H13NO2S/c12-10(13)9-2-1-4-11(9)6-8-3-5-14-7-8/h3,5,7,9H,1-2,4,6H2,(H,12,13)/t9-/m0/s1. The molecule has 3 nitrogen and oxygen atoms in total. The average Bonchev–Trinajstić information content (AvgIpc) is 2.75. The molecule has 0 radical (unpaired) electrons. The molecule has 1 aromatic rings. The van der Waals surface area contributed by atoms with E-state index in [9.17, 15) is 4.79 Å². The molecule has 0 unspecified atom stereocenters. The molecule has 76 valence electrons. The molecule has 0 bridgehead atoms. The number of carboxylic acid groups (broad SMARTS) is 1. The number of carboxylic acids is 1. The van der Waals surface area contributed by atoms with E-state index >= 15 is 0 Å². The van der Waals surface area contributed by atoms with Crippen LogP contribution in [0.5, 0.6) is 0 Å². The number of carbonyl (C=O) groups is 1. The number of hydrogen-bond donors (Lipinski definition) is 1. The molecule has 2 heterocycles. The van der Waals surface area contributed by atoms with Crippen molar-refractivity contribution >= 4 is 17.3 Å². The second-order valence-corrected chi connectivity index (χ2v) is 4.38. The van der Waals surface area contributed by atoms with Crippen LogP contribution in [0.4, 0.5) is 0 Å². The van der Waals surface area contributed by atoms with Crippen LogP contribution in [0.3, 0.4) is 0 Å². The summed E-state index contributed by atoms with van der Waals surface area (Å²) in [6.45, 7) is 1.69. The number of nitrogens with zero attached hydrogens (tertiary/aromatic N) is 1. The zero-order valence-corrected chi connectivity index (χ0v) is 8.67. The predicted molar refractivity (Wildman–Crippen MR) is 55.4 cm³/mol. The maximum atomic E-state index is 10.9. The Labute approximate surface area is 87.0 Å². The average molecular weight is 211 g/mol. The Balaban J connectivity index is 2.00. The van der Waals surface area contributed by atoms with Crippen LogP contribution in [0.1, 0.15) is 18.4 Å². The molecule has 1 saturated heterocycles. The molecule has 0 spiro atoms. The summed E-state index contributed by atoms with van der Waals surface area (Å²) >= 11 is 1.66. The maximum absolute atomic E-state index is 10.9. The van der Waals surface area contributed by atoms with Crippen molar-refractivity contribution in [3.63, 3.8) is 0 Å². The summed E-state index contributed by atoms with van der Waals surface area (Å²) in [4.78, 5) is 12.9. The molecule has 0 amide bonds. The first kappa shape index (κ1) is 9.68. The summed E-state index contributed by atoms with van der Waals surface area (Å²) in [5.41, 5.74) is 1.23. The summed E-state index contributed by atoms with van der Waals surface area (Å²) in [5.74, 6) is -0.683. The number of thiophene rings is 1. The third-order valence-electron chi connectivity index (χ3n) is 2.61. The molecule has 1 atom stereocenters. The van der Waals surface area contributed by atoms with Gasteiger partial charge in [-0.15, -0.1) is 0 Å². The lowest BCUT2D eigenvalue weighted by molar-refractivity contribution is -0.142. The highest BCUT2D eigenvalue weighted by Gasteiger charge is 2.30. The molecule has 1 N–H and O–H groups in total. The summed E-state index contributed by atoms with van der Waals surface area (Å²) in [7, 11) is 0. The van der Waals surface area contributed by atoms with Crippen molar-refractivity contribution in [1.82, 2.24) is 4.90 Å². The Hall–Kier alpha value is -0.870.